The highest BCUT2D eigenvalue weighted by atomic mass is 35.5. The third kappa shape index (κ3) is 6.62. The molecule has 1 atom stereocenters. The largest absolute Gasteiger partial charge is 0.352 e. The molecule has 196 valence electrons. The van der Waals surface area contributed by atoms with Crippen molar-refractivity contribution >= 4 is 49.9 Å². The first-order chi connectivity index (χ1) is 17.6. The number of benzene rings is 3. The topological polar surface area (TPSA) is 86.8 Å². The number of anilines is 1. The van der Waals surface area contributed by atoms with E-state index in [0.717, 1.165) is 52.6 Å². The van der Waals surface area contributed by atoms with Crippen molar-refractivity contribution in [1.82, 2.24) is 10.2 Å². The van der Waals surface area contributed by atoms with Crippen LogP contribution in [0.2, 0.25) is 5.02 Å². The number of rotatable bonds is 9. The normalized spacial score (nSPS) is 14.9. The van der Waals surface area contributed by atoms with Crippen molar-refractivity contribution in [2.45, 2.75) is 51.2 Å². The van der Waals surface area contributed by atoms with Crippen LogP contribution in [0.4, 0.5) is 5.69 Å². The number of amides is 2. The second-order valence-electron chi connectivity index (χ2n) is 9.59. The lowest BCUT2D eigenvalue weighted by Crippen LogP contribution is -2.52. The molecular formula is C28H32ClN3O4S. The Morgan fingerprint density at radius 3 is 2.41 bits per heavy atom. The van der Waals surface area contributed by atoms with E-state index in [1.807, 2.05) is 36.4 Å². The molecule has 9 heteroatoms. The van der Waals surface area contributed by atoms with E-state index in [1.54, 1.807) is 37.3 Å². The van der Waals surface area contributed by atoms with Crippen molar-refractivity contribution in [2.75, 3.05) is 17.1 Å². The van der Waals surface area contributed by atoms with E-state index in [-0.39, 0.29) is 18.5 Å². The average Bonchev–Trinajstić information content (AvgIpc) is 3.37. The summed E-state index contributed by atoms with van der Waals surface area (Å²) in [5, 5.41) is 5.16. The second-order valence-corrected chi connectivity index (χ2v) is 11.9. The third-order valence-corrected chi connectivity index (χ3v) is 8.19. The molecule has 1 aliphatic carbocycles. The van der Waals surface area contributed by atoms with E-state index >= 15 is 0 Å². The maximum absolute atomic E-state index is 13.8. The quantitative estimate of drug-likeness (QED) is 0.424. The fourth-order valence-electron chi connectivity index (χ4n) is 4.83. The lowest BCUT2D eigenvalue weighted by atomic mass is 10.1. The molecule has 1 fully saturated rings. The van der Waals surface area contributed by atoms with Gasteiger partial charge in [-0.1, -0.05) is 73.0 Å². The molecule has 7 nitrogen and oxygen atoms in total. The zero-order valence-corrected chi connectivity index (χ0v) is 22.6. The Kier molecular flexibility index (Phi) is 8.39. The van der Waals surface area contributed by atoms with E-state index in [4.69, 9.17) is 11.6 Å². The van der Waals surface area contributed by atoms with Gasteiger partial charge in [0.25, 0.3) is 0 Å². The van der Waals surface area contributed by atoms with Crippen LogP contribution in [0.25, 0.3) is 10.8 Å². The summed E-state index contributed by atoms with van der Waals surface area (Å²) in [6, 6.07) is 19.1. The van der Waals surface area contributed by atoms with Gasteiger partial charge >= 0.3 is 0 Å². The number of hydrogen-bond acceptors (Lipinski definition) is 4. The number of hydrogen-bond donors (Lipinski definition) is 1. The molecule has 0 aliphatic heterocycles. The molecule has 0 aromatic heterocycles. The zero-order valence-electron chi connectivity index (χ0n) is 21.1. The van der Waals surface area contributed by atoms with Gasteiger partial charge in [0.15, 0.2) is 0 Å². The van der Waals surface area contributed by atoms with Gasteiger partial charge in [-0.25, -0.2) is 8.42 Å². The van der Waals surface area contributed by atoms with Crippen LogP contribution >= 0.6 is 11.6 Å². The molecule has 2 amide bonds. The SMILES string of the molecule is CC(C(=O)NC1CCCC1)N(Cc1cccc(Cl)c1)C(=O)CN(c1cccc2ccccc12)S(C)(=O)=O. The van der Waals surface area contributed by atoms with Gasteiger partial charge in [-0.3, -0.25) is 13.9 Å². The Morgan fingerprint density at radius 1 is 1.03 bits per heavy atom. The molecule has 3 aromatic rings. The van der Waals surface area contributed by atoms with Gasteiger partial charge in [0, 0.05) is 23.0 Å². The van der Waals surface area contributed by atoms with Crippen molar-refractivity contribution in [2.24, 2.45) is 0 Å². The van der Waals surface area contributed by atoms with Crippen molar-refractivity contribution in [1.29, 1.82) is 0 Å². The van der Waals surface area contributed by atoms with E-state index in [1.165, 1.54) is 4.90 Å². The van der Waals surface area contributed by atoms with Crippen LogP contribution < -0.4 is 9.62 Å². The fraction of sp³-hybridized carbons (Fsp3) is 0.357. The number of sulfonamides is 1. The number of carbonyl (C=O) groups excluding carboxylic acids is 2. The third-order valence-electron chi connectivity index (χ3n) is 6.83. The number of fused-ring (bicyclic) bond motifs is 1. The van der Waals surface area contributed by atoms with E-state index in [9.17, 15) is 18.0 Å². The summed E-state index contributed by atoms with van der Waals surface area (Å²) >= 11 is 6.17. The minimum Gasteiger partial charge on any atom is -0.352 e. The van der Waals surface area contributed by atoms with Crippen molar-refractivity contribution in [3.63, 3.8) is 0 Å². The monoisotopic (exact) mass is 541 g/mol. The Labute approximate surface area is 223 Å². The standard InChI is InChI=1S/C28H32ClN3O4S/c1-20(28(34)30-24-13-4-5-14-24)31(18-21-9-7-12-23(29)17-21)27(33)19-32(37(2,35)36)26-16-8-11-22-10-3-6-15-25(22)26/h3,6-12,15-17,20,24H,4-5,13-14,18-19H2,1-2H3,(H,30,34). The molecular weight excluding hydrogens is 510 g/mol. The van der Waals surface area contributed by atoms with Crippen LogP contribution in [-0.4, -0.2) is 50.0 Å². The molecule has 1 N–H and O–H groups in total. The highest BCUT2D eigenvalue weighted by Crippen LogP contribution is 2.29. The molecule has 0 heterocycles. The van der Waals surface area contributed by atoms with Crippen LogP contribution in [0.5, 0.6) is 0 Å². The fourth-order valence-corrected chi connectivity index (χ4v) is 5.90. The van der Waals surface area contributed by atoms with Gasteiger partial charge < -0.3 is 10.2 Å². The lowest BCUT2D eigenvalue weighted by molar-refractivity contribution is -0.139. The van der Waals surface area contributed by atoms with Crippen molar-refractivity contribution < 1.29 is 18.0 Å². The van der Waals surface area contributed by atoms with Gasteiger partial charge in [-0.2, -0.15) is 0 Å². The minimum absolute atomic E-state index is 0.0984. The molecule has 0 bridgehead atoms. The lowest BCUT2D eigenvalue weighted by Gasteiger charge is -2.32. The molecule has 4 rings (SSSR count). The van der Waals surface area contributed by atoms with E-state index in [2.05, 4.69) is 5.32 Å². The Hall–Kier alpha value is -3.10. The smallest absolute Gasteiger partial charge is 0.244 e. The number of carbonyl (C=O) groups is 2. The Balaban J connectivity index is 1.66. The molecule has 0 radical (unpaired) electrons. The van der Waals surface area contributed by atoms with Crippen LogP contribution in [-0.2, 0) is 26.2 Å². The first-order valence-electron chi connectivity index (χ1n) is 12.4. The summed E-state index contributed by atoms with van der Waals surface area (Å²) in [6.45, 7) is 1.36. The number of halogens is 1. The van der Waals surface area contributed by atoms with Crippen LogP contribution in [0.3, 0.4) is 0 Å². The Morgan fingerprint density at radius 2 is 1.70 bits per heavy atom. The first kappa shape index (κ1) is 26.9. The van der Waals surface area contributed by atoms with Gasteiger partial charge in [0.05, 0.1) is 11.9 Å². The molecule has 0 saturated heterocycles. The van der Waals surface area contributed by atoms with E-state index < -0.39 is 28.5 Å². The molecule has 1 aliphatic rings. The molecule has 1 saturated carbocycles. The Bertz CT molecular complexity index is 1380. The van der Waals surface area contributed by atoms with Gasteiger partial charge in [0.1, 0.15) is 12.6 Å². The molecule has 37 heavy (non-hydrogen) atoms. The summed E-state index contributed by atoms with van der Waals surface area (Å²) in [4.78, 5) is 28.4. The maximum atomic E-state index is 13.8. The summed E-state index contributed by atoms with van der Waals surface area (Å²) < 4.78 is 27.0. The zero-order chi connectivity index (χ0) is 26.6. The van der Waals surface area contributed by atoms with Crippen molar-refractivity contribution in [3.05, 3.63) is 77.3 Å². The average molecular weight is 542 g/mol. The van der Waals surface area contributed by atoms with Gasteiger partial charge in [0.2, 0.25) is 21.8 Å². The minimum atomic E-state index is -3.82. The van der Waals surface area contributed by atoms with Gasteiger partial charge in [-0.15, -0.1) is 0 Å². The summed E-state index contributed by atoms with van der Waals surface area (Å²) in [6.07, 6.45) is 5.06. The first-order valence-corrected chi connectivity index (χ1v) is 14.7. The molecule has 1 unspecified atom stereocenters. The summed E-state index contributed by atoms with van der Waals surface area (Å²) in [7, 11) is -3.82. The van der Waals surface area contributed by atoms with Crippen LogP contribution in [0.15, 0.2) is 66.7 Å². The highest BCUT2D eigenvalue weighted by molar-refractivity contribution is 7.92. The highest BCUT2D eigenvalue weighted by Gasteiger charge is 2.31. The second kappa shape index (κ2) is 11.5. The van der Waals surface area contributed by atoms with E-state index in [0.29, 0.717) is 10.7 Å². The van der Waals surface area contributed by atoms with Crippen molar-refractivity contribution in [3.8, 4) is 0 Å². The molecule has 0 spiro atoms. The molecule has 3 aromatic carbocycles. The number of nitrogens with one attached hydrogen (secondary N) is 1. The maximum Gasteiger partial charge on any atom is 0.244 e. The summed E-state index contributed by atoms with van der Waals surface area (Å²) in [5.74, 6) is -0.731. The number of nitrogens with zero attached hydrogens (tertiary/aromatic N) is 2. The predicted octanol–water partition coefficient (Wildman–Crippen LogP) is 4.74. The van der Waals surface area contributed by atoms with Gasteiger partial charge in [-0.05, 0) is 48.9 Å². The predicted molar refractivity (Wildman–Crippen MR) is 148 cm³/mol. The summed E-state index contributed by atoms with van der Waals surface area (Å²) in [5.41, 5.74) is 1.16. The van der Waals surface area contributed by atoms with Crippen LogP contribution in [0.1, 0.15) is 38.2 Å². The van der Waals surface area contributed by atoms with Crippen LogP contribution in [0, 0.1) is 0 Å².